The molecule has 0 amide bonds. The van der Waals surface area contributed by atoms with Crippen molar-refractivity contribution in [2.75, 3.05) is 19.6 Å². The molecule has 0 aromatic rings. The van der Waals surface area contributed by atoms with E-state index >= 15 is 0 Å². The molecule has 2 nitrogen and oxygen atoms in total. The van der Waals surface area contributed by atoms with Crippen molar-refractivity contribution in [2.24, 2.45) is 11.7 Å². The molecular weight excluding hydrogens is 229 g/mol. The monoisotopic (exact) mass is 246 g/mol. The Hall–Kier alpha value is -0.0000000000000000555. The minimum Gasteiger partial charge on any atom is -0.328 e. The van der Waals surface area contributed by atoms with Crippen molar-refractivity contribution in [1.82, 2.24) is 4.90 Å². The second kappa shape index (κ2) is 5.92. The smallest absolute Gasteiger partial charge is 0.328 e. The van der Waals surface area contributed by atoms with Crippen molar-refractivity contribution in [3.63, 3.8) is 0 Å². The van der Waals surface area contributed by atoms with E-state index in [1.165, 1.54) is 0 Å². The van der Waals surface area contributed by atoms with E-state index in [2.05, 4.69) is 0 Å². The van der Waals surface area contributed by atoms with Crippen LogP contribution in [0.1, 0.15) is 19.8 Å². The number of halogens is 4. The summed E-state index contributed by atoms with van der Waals surface area (Å²) in [6, 6.07) is 0.0888. The van der Waals surface area contributed by atoms with Gasteiger partial charge in [0.25, 0.3) is 0 Å². The molecule has 15 heavy (non-hydrogen) atoms. The molecule has 1 heterocycles. The lowest BCUT2D eigenvalue weighted by Crippen LogP contribution is -2.31. The fourth-order valence-electron chi connectivity index (χ4n) is 1.78. The zero-order valence-corrected chi connectivity index (χ0v) is 9.57. The van der Waals surface area contributed by atoms with Gasteiger partial charge in [-0.25, -0.2) is 0 Å². The number of alkyl halides is 3. The van der Waals surface area contributed by atoms with E-state index in [9.17, 15) is 13.2 Å². The molecule has 0 radical (unpaired) electrons. The highest BCUT2D eigenvalue weighted by Crippen LogP contribution is 2.23. The maximum Gasteiger partial charge on any atom is 0.390 e. The highest BCUT2D eigenvalue weighted by Gasteiger charge is 2.31. The molecule has 0 aromatic carbocycles. The van der Waals surface area contributed by atoms with Crippen molar-refractivity contribution in [1.29, 1.82) is 0 Å². The third kappa shape index (κ3) is 5.58. The summed E-state index contributed by atoms with van der Waals surface area (Å²) in [6.45, 7) is 3.50. The molecule has 0 aromatic heterocycles. The summed E-state index contributed by atoms with van der Waals surface area (Å²) in [6.07, 6.45) is -3.82. The van der Waals surface area contributed by atoms with Gasteiger partial charge in [0.2, 0.25) is 0 Å². The average Bonchev–Trinajstić information content (AvgIpc) is 2.47. The van der Waals surface area contributed by atoms with Crippen LogP contribution in [0.5, 0.6) is 0 Å². The summed E-state index contributed by atoms with van der Waals surface area (Å²) >= 11 is 0. The van der Waals surface area contributed by atoms with Gasteiger partial charge in [0.05, 0.1) is 6.42 Å². The van der Waals surface area contributed by atoms with Gasteiger partial charge < -0.3 is 10.6 Å². The number of likely N-dealkylation sites (tertiary alicyclic amines) is 1. The Morgan fingerprint density at radius 3 is 2.47 bits per heavy atom. The van der Waals surface area contributed by atoms with Crippen molar-refractivity contribution in [3.05, 3.63) is 0 Å². The molecular formula is C9H18ClF3N2. The number of hydrogen-bond acceptors (Lipinski definition) is 2. The summed E-state index contributed by atoms with van der Waals surface area (Å²) < 4.78 is 35.7. The Morgan fingerprint density at radius 1 is 1.47 bits per heavy atom. The molecule has 1 saturated heterocycles. The quantitative estimate of drug-likeness (QED) is 0.826. The summed E-state index contributed by atoms with van der Waals surface area (Å²) in [4.78, 5) is 1.85. The summed E-state index contributed by atoms with van der Waals surface area (Å²) in [5, 5.41) is 0. The van der Waals surface area contributed by atoms with Gasteiger partial charge in [0.1, 0.15) is 0 Å². The Labute approximate surface area is 94.4 Å². The minimum absolute atomic E-state index is 0. The van der Waals surface area contributed by atoms with Crippen LogP contribution >= 0.6 is 12.4 Å². The fourth-order valence-corrected chi connectivity index (χ4v) is 1.78. The van der Waals surface area contributed by atoms with Crippen LogP contribution < -0.4 is 5.73 Å². The van der Waals surface area contributed by atoms with Crippen LogP contribution in [0, 0.1) is 5.92 Å². The van der Waals surface area contributed by atoms with Crippen molar-refractivity contribution in [3.8, 4) is 0 Å². The molecule has 6 heteroatoms. The lowest BCUT2D eigenvalue weighted by molar-refractivity contribution is -0.137. The molecule has 1 rings (SSSR count). The summed E-state index contributed by atoms with van der Waals surface area (Å²) in [5.41, 5.74) is 5.69. The van der Waals surface area contributed by atoms with Gasteiger partial charge in [0, 0.05) is 19.1 Å². The van der Waals surface area contributed by atoms with Crippen LogP contribution in [0.2, 0.25) is 0 Å². The third-order valence-corrected chi connectivity index (χ3v) is 2.76. The molecule has 2 unspecified atom stereocenters. The van der Waals surface area contributed by atoms with Gasteiger partial charge in [-0.2, -0.15) is 13.2 Å². The molecule has 0 saturated carbocycles. The first-order valence-corrected chi connectivity index (χ1v) is 4.93. The van der Waals surface area contributed by atoms with Crippen molar-refractivity contribution < 1.29 is 13.2 Å². The first-order valence-electron chi connectivity index (χ1n) is 4.93. The van der Waals surface area contributed by atoms with E-state index in [1.54, 1.807) is 0 Å². The Kier molecular flexibility index (Phi) is 5.92. The molecule has 2 N–H and O–H groups in total. The number of rotatable bonds is 3. The molecule has 1 aliphatic heterocycles. The average molecular weight is 247 g/mol. The summed E-state index contributed by atoms with van der Waals surface area (Å²) in [5.74, 6) is 0.364. The molecule has 92 valence electrons. The number of nitrogens with zero attached hydrogens (tertiary/aromatic N) is 1. The summed E-state index contributed by atoms with van der Waals surface area (Å²) in [7, 11) is 0. The van der Waals surface area contributed by atoms with Gasteiger partial charge in [-0.15, -0.1) is 12.4 Å². The van der Waals surface area contributed by atoms with E-state index in [-0.39, 0.29) is 25.0 Å². The van der Waals surface area contributed by atoms with Gasteiger partial charge in [-0.1, -0.05) is 0 Å². The normalized spacial score (nSPS) is 25.0. The zero-order chi connectivity index (χ0) is 10.8. The van der Waals surface area contributed by atoms with Gasteiger partial charge in [-0.3, -0.25) is 0 Å². The zero-order valence-electron chi connectivity index (χ0n) is 8.76. The highest BCUT2D eigenvalue weighted by molar-refractivity contribution is 5.85. The minimum atomic E-state index is -4.04. The van der Waals surface area contributed by atoms with Crippen LogP contribution in [0.25, 0.3) is 0 Å². The SMILES string of the molecule is CC(N)C1CCN(CCC(F)(F)F)C1.Cl. The maximum atomic E-state index is 11.9. The highest BCUT2D eigenvalue weighted by atomic mass is 35.5. The van der Waals surface area contributed by atoms with Gasteiger partial charge in [-0.05, 0) is 25.8 Å². The molecule has 0 bridgehead atoms. The van der Waals surface area contributed by atoms with Crippen molar-refractivity contribution >= 4 is 12.4 Å². The van der Waals surface area contributed by atoms with Crippen LogP contribution in [0.4, 0.5) is 13.2 Å². The predicted octanol–water partition coefficient (Wildman–Crippen LogP) is 2.03. The first kappa shape index (κ1) is 15.0. The molecule has 1 fully saturated rings. The fraction of sp³-hybridized carbons (Fsp3) is 1.00. The van der Waals surface area contributed by atoms with Crippen LogP contribution in [0.15, 0.2) is 0 Å². The maximum absolute atomic E-state index is 11.9. The van der Waals surface area contributed by atoms with E-state index in [4.69, 9.17) is 5.73 Å². The van der Waals surface area contributed by atoms with Crippen LogP contribution in [-0.4, -0.2) is 36.8 Å². The van der Waals surface area contributed by atoms with Crippen LogP contribution in [-0.2, 0) is 0 Å². The second-order valence-corrected chi connectivity index (χ2v) is 4.07. The standard InChI is InChI=1S/C9H17F3N2.ClH/c1-7(13)8-2-4-14(6-8)5-3-9(10,11)12;/h7-8H,2-6,13H2,1H3;1H. The van der Waals surface area contributed by atoms with Gasteiger partial charge in [0.15, 0.2) is 0 Å². The van der Waals surface area contributed by atoms with Crippen LogP contribution in [0.3, 0.4) is 0 Å². The lowest BCUT2D eigenvalue weighted by atomic mass is 10.0. The Bertz CT molecular complexity index is 185. The first-order chi connectivity index (χ1) is 6.38. The largest absolute Gasteiger partial charge is 0.390 e. The van der Waals surface area contributed by atoms with Crippen molar-refractivity contribution in [2.45, 2.75) is 32.0 Å². The topological polar surface area (TPSA) is 29.3 Å². The molecule has 2 atom stereocenters. The molecule has 1 aliphatic rings. The van der Waals surface area contributed by atoms with Gasteiger partial charge >= 0.3 is 6.18 Å². The van der Waals surface area contributed by atoms with E-state index < -0.39 is 12.6 Å². The van der Waals surface area contributed by atoms with E-state index in [1.807, 2.05) is 11.8 Å². The van der Waals surface area contributed by atoms with E-state index in [0.717, 1.165) is 13.0 Å². The third-order valence-electron chi connectivity index (χ3n) is 2.76. The van der Waals surface area contributed by atoms with E-state index in [0.29, 0.717) is 12.5 Å². The second-order valence-electron chi connectivity index (χ2n) is 4.07. The Balaban J connectivity index is 0.00000196. The molecule has 0 spiro atoms. The molecule has 0 aliphatic carbocycles. The lowest BCUT2D eigenvalue weighted by Gasteiger charge is -2.18. The number of nitrogens with two attached hydrogens (primary N) is 1. The predicted molar refractivity (Wildman–Crippen MR) is 56.1 cm³/mol. The Morgan fingerprint density at radius 2 is 2.07 bits per heavy atom. The number of hydrogen-bond donors (Lipinski definition) is 1.